The molecular formula is C15H26N4O. The van der Waals surface area contributed by atoms with Crippen molar-refractivity contribution in [3.05, 3.63) is 17.2 Å². The summed E-state index contributed by atoms with van der Waals surface area (Å²) in [6.45, 7) is 9.69. The molecule has 20 heavy (non-hydrogen) atoms. The summed E-state index contributed by atoms with van der Waals surface area (Å²) in [5, 5.41) is 6.33. The van der Waals surface area contributed by atoms with E-state index in [0.717, 1.165) is 50.5 Å². The van der Waals surface area contributed by atoms with E-state index >= 15 is 0 Å². The van der Waals surface area contributed by atoms with Crippen LogP contribution in [0.2, 0.25) is 0 Å². The van der Waals surface area contributed by atoms with E-state index in [1.165, 1.54) is 5.69 Å². The van der Waals surface area contributed by atoms with Gasteiger partial charge in [0.15, 0.2) is 0 Å². The molecule has 5 heteroatoms. The van der Waals surface area contributed by atoms with Crippen LogP contribution in [0.25, 0.3) is 0 Å². The zero-order valence-electron chi connectivity index (χ0n) is 12.8. The summed E-state index contributed by atoms with van der Waals surface area (Å²) in [5.74, 6) is 1.74. The summed E-state index contributed by atoms with van der Waals surface area (Å²) in [4.78, 5) is 16.5. The number of imidazole rings is 1. The number of nitrogens with zero attached hydrogens (tertiary/aromatic N) is 2. The topological polar surface area (TPSA) is 59.0 Å². The molecule has 2 N–H and O–H groups in total. The van der Waals surface area contributed by atoms with E-state index in [0.29, 0.717) is 12.3 Å². The standard InChI is InChI=1S/C15H26N4O/c1-4-14-18-12-10-16-7-5-13(12)19(14)8-6-15(20)17-9-11(2)3/h11,16H,4-10H2,1-3H3,(H,17,20). The zero-order valence-corrected chi connectivity index (χ0v) is 12.8. The molecule has 0 unspecified atom stereocenters. The minimum Gasteiger partial charge on any atom is -0.356 e. The number of carbonyl (C=O) groups excluding carboxylic acids is 1. The van der Waals surface area contributed by atoms with Gasteiger partial charge in [0.25, 0.3) is 0 Å². The average Bonchev–Trinajstić information content (AvgIpc) is 2.80. The first-order valence-corrected chi connectivity index (χ1v) is 7.66. The third kappa shape index (κ3) is 3.60. The van der Waals surface area contributed by atoms with Crippen molar-refractivity contribution in [1.29, 1.82) is 0 Å². The van der Waals surface area contributed by atoms with Crippen molar-refractivity contribution in [2.45, 2.75) is 53.1 Å². The fourth-order valence-corrected chi connectivity index (χ4v) is 2.58. The van der Waals surface area contributed by atoms with Gasteiger partial charge < -0.3 is 15.2 Å². The summed E-state index contributed by atoms with van der Waals surface area (Å²) < 4.78 is 2.26. The molecule has 0 radical (unpaired) electrons. The first kappa shape index (κ1) is 15.0. The monoisotopic (exact) mass is 278 g/mol. The molecule has 0 bridgehead atoms. The van der Waals surface area contributed by atoms with Crippen molar-refractivity contribution in [3.63, 3.8) is 0 Å². The average molecular weight is 278 g/mol. The van der Waals surface area contributed by atoms with Gasteiger partial charge in [-0.25, -0.2) is 4.98 Å². The molecule has 0 aromatic carbocycles. The lowest BCUT2D eigenvalue weighted by molar-refractivity contribution is -0.121. The molecule has 112 valence electrons. The maximum atomic E-state index is 11.9. The maximum absolute atomic E-state index is 11.9. The molecule has 1 amide bonds. The lowest BCUT2D eigenvalue weighted by atomic mass is 10.2. The number of rotatable bonds is 6. The predicted molar refractivity (Wildman–Crippen MR) is 79.5 cm³/mol. The molecular weight excluding hydrogens is 252 g/mol. The van der Waals surface area contributed by atoms with Crippen LogP contribution in [0.5, 0.6) is 0 Å². The van der Waals surface area contributed by atoms with Crippen LogP contribution >= 0.6 is 0 Å². The van der Waals surface area contributed by atoms with Crippen molar-refractivity contribution in [2.24, 2.45) is 5.92 Å². The Kier molecular flexibility index (Phi) is 5.17. The van der Waals surface area contributed by atoms with Gasteiger partial charge in [-0.3, -0.25) is 4.79 Å². The molecule has 1 aliphatic heterocycles. The number of fused-ring (bicyclic) bond motifs is 1. The summed E-state index contributed by atoms with van der Waals surface area (Å²) in [7, 11) is 0. The molecule has 1 aliphatic rings. The number of aromatic nitrogens is 2. The van der Waals surface area contributed by atoms with Gasteiger partial charge in [0, 0.05) is 51.1 Å². The number of amides is 1. The fraction of sp³-hybridized carbons (Fsp3) is 0.733. The van der Waals surface area contributed by atoms with Gasteiger partial charge >= 0.3 is 0 Å². The van der Waals surface area contributed by atoms with E-state index in [4.69, 9.17) is 4.98 Å². The van der Waals surface area contributed by atoms with Gasteiger partial charge in [-0.1, -0.05) is 20.8 Å². The highest BCUT2D eigenvalue weighted by atomic mass is 16.1. The summed E-state index contributed by atoms with van der Waals surface area (Å²) in [5.41, 5.74) is 2.48. The highest BCUT2D eigenvalue weighted by molar-refractivity contribution is 5.75. The van der Waals surface area contributed by atoms with Crippen LogP contribution in [0, 0.1) is 5.92 Å². The second-order valence-electron chi connectivity index (χ2n) is 5.80. The van der Waals surface area contributed by atoms with Gasteiger partial charge in [-0.05, 0) is 5.92 Å². The number of carbonyl (C=O) groups is 1. The number of hydrogen-bond donors (Lipinski definition) is 2. The molecule has 2 rings (SSSR count). The third-order valence-corrected chi connectivity index (χ3v) is 3.65. The van der Waals surface area contributed by atoms with Crippen molar-refractivity contribution in [2.75, 3.05) is 13.1 Å². The highest BCUT2D eigenvalue weighted by Crippen LogP contribution is 2.17. The minimum atomic E-state index is 0.136. The normalized spacial score (nSPS) is 14.4. The molecule has 0 saturated carbocycles. The molecule has 0 fully saturated rings. The van der Waals surface area contributed by atoms with Crippen LogP contribution in [0.3, 0.4) is 0 Å². The van der Waals surface area contributed by atoms with Crippen molar-refractivity contribution < 1.29 is 4.79 Å². The van der Waals surface area contributed by atoms with Crippen LogP contribution in [0.4, 0.5) is 0 Å². The number of hydrogen-bond acceptors (Lipinski definition) is 3. The van der Waals surface area contributed by atoms with Crippen LogP contribution in [0.15, 0.2) is 0 Å². The molecule has 5 nitrogen and oxygen atoms in total. The molecule has 1 aromatic rings. The van der Waals surface area contributed by atoms with Crippen molar-refractivity contribution >= 4 is 5.91 Å². The van der Waals surface area contributed by atoms with E-state index in [2.05, 4.69) is 36.0 Å². The maximum Gasteiger partial charge on any atom is 0.221 e. The Balaban J connectivity index is 1.98. The summed E-state index contributed by atoms with van der Waals surface area (Å²) >= 11 is 0. The molecule has 0 atom stereocenters. The smallest absolute Gasteiger partial charge is 0.221 e. The van der Waals surface area contributed by atoms with Crippen LogP contribution in [0.1, 0.15) is 44.4 Å². The van der Waals surface area contributed by atoms with E-state index in [1.807, 2.05) is 0 Å². The van der Waals surface area contributed by atoms with E-state index in [-0.39, 0.29) is 5.91 Å². The van der Waals surface area contributed by atoms with Crippen LogP contribution < -0.4 is 10.6 Å². The lowest BCUT2D eigenvalue weighted by Crippen LogP contribution is -2.29. The largest absolute Gasteiger partial charge is 0.356 e. The fourth-order valence-electron chi connectivity index (χ4n) is 2.58. The van der Waals surface area contributed by atoms with Crippen molar-refractivity contribution in [3.8, 4) is 0 Å². The Morgan fingerprint density at radius 1 is 1.50 bits per heavy atom. The Morgan fingerprint density at radius 2 is 2.30 bits per heavy atom. The van der Waals surface area contributed by atoms with E-state index < -0.39 is 0 Å². The Bertz CT molecular complexity index is 465. The second kappa shape index (κ2) is 6.88. The molecule has 2 heterocycles. The summed E-state index contributed by atoms with van der Waals surface area (Å²) in [6.07, 6.45) is 2.46. The molecule has 0 spiro atoms. The molecule has 0 saturated heterocycles. The highest BCUT2D eigenvalue weighted by Gasteiger charge is 2.19. The summed E-state index contributed by atoms with van der Waals surface area (Å²) in [6, 6.07) is 0. The van der Waals surface area contributed by atoms with Gasteiger partial charge in [-0.15, -0.1) is 0 Å². The third-order valence-electron chi connectivity index (χ3n) is 3.65. The minimum absolute atomic E-state index is 0.136. The number of aryl methyl sites for hydroxylation is 1. The first-order valence-electron chi connectivity index (χ1n) is 7.66. The first-order chi connectivity index (χ1) is 9.61. The van der Waals surface area contributed by atoms with Crippen LogP contribution in [-0.2, 0) is 30.7 Å². The van der Waals surface area contributed by atoms with Gasteiger partial charge in [0.05, 0.1) is 5.69 Å². The number of nitrogens with one attached hydrogen (secondary N) is 2. The van der Waals surface area contributed by atoms with Crippen LogP contribution in [-0.4, -0.2) is 28.5 Å². The lowest BCUT2D eigenvalue weighted by Gasteiger charge is -2.16. The zero-order chi connectivity index (χ0) is 14.5. The Labute approximate surface area is 121 Å². The van der Waals surface area contributed by atoms with Gasteiger partial charge in [0.1, 0.15) is 5.82 Å². The predicted octanol–water partition coefficient (Wildman–Crippen LogP) is 1.25. The second-order valence-corrected chi connectivity index (χ2v) is 5.80. The quantitative estimate of drug-likeness (QED) is 0.823. The van der Waals surface area contributed by atoms with Gasteiger partial charge in [-0.2, -0.15) is 0 Å². The Morgan fingerprint density at radius 3 is 3.00 bits per heavy atom. The Hall–Kier alpha value is -1.36. The molecule has 0 aliphatic carbocycles. The van der Waals surface area contributed by atoms with Crippen molar-refractivity contribution in [1.82, 2.24) is 20.2 Å². The molecule has 1 aromatic heterocycles. The van der Waals surface area contributed by atoms with Gasteiger partial charge in [0.2, 0.25) is 5.91 Å². The van der Waals surface area contributed by atoms with E-state index in [9.17, 15) is 4.79 Å². The SMILES string of the molecule is CCc1nc2c(n1CCC(=O)NCC(C)C)CCNC2. The van der Waals surface area contributed by atoms with E-state index in [1.54, 1.807) is 0 Å².